The van der Waals surface area contributed by atoms with Crippen LogP contribution in [0.3, 0.4) is 0 Å². The summed E-state index contributed by atoms with van der Waals surface area (Å²) in [5.74, 6) is -0.340. The Morgan fingerprint density at radius 3 is 1.86 bits per heavy atom. The van der Waals surface area contributed by atoms with Crippen molar-refractivity contribution in [2.75, 3.05) is 0 Å². The first kappa shape index (κ1) is 20.8. The van der Waals surface area contributed by atoms with Crippen molar-refractivity contribution in [2.45, 2.75) is 96.8 Å². The average Bonchev–Trinajstić information content (AvgIpc) is 2.51. The summed E-state index contributed by atoms with van der Waals surface area (Å²) >= 11 is 0. The molecular formula is C19H33NO2. The minimum Gasteiger partial charge on any atom is -0.272 e. The molecule has 0 aliphatic rings. The van der Waals surface area contributed by atoms with E-state index >= 15 is 0 Å². The number of carbonyl (C=O) groups excluding carboxylic acids is 2. The van der Waals surface area contributed by atoms with Gasteiger partial charge in [-0.05, 0) is 32.1 Å². The summed E-state index contributed by atoms with van der Waals surface area (Å²) in [5, 5.41) is 0. The predicted molar refractivity (Wildman–Crippen MR) is 92.6 cm³/mol. The number of carbonyl (C=O) groups is 1. The molecule has 22 heavy (non-hydrogen) atoms. The van der Waals surface area contributed by atoms with Crippen LogP contribution in [0.1, 0.15) is 96.8 Å². The predicted octanol–water partition coefficient (Wildman–Crippen LogP) is 5.89. The Hall–Kier alpha value is -1.21. The fraction of sp³-hybridized carbons (Fsp3) is 0.789. The van der Waals surface area contributed by atoms with E-state index in [1.807, 2.05) is 0 Å². The van der Waals surface area contributed by atoms with Gasteiger partial charge in [0.05, 0.1) is 0 Å². The van der Waals surface area contributed by atoms with E-state index in [1.54, 1.807) is 0 Å². The van der Waals surface area contributed by atoms with Gasteiger partial charge in [0.2, 0.25) is 6.08 Å². The van der Waals surface area contributed by atoms with Crippen molar-refractivity contribution in [3.63, 3.8) is 0 Å². The molecule has 0 spiro atoms. The molecule has 0 aromatic carbocycles. The fourth-order valence-corrected chi connectivity index (χ4v) is 2.45. The van der Waals surface area contributed by atoms with E-state index in [0.717, 1.165) is 19.3 Å². The molecule has 0 N–H and O–H groups in total. The smallest absolute Gasteiger partial charge is 0.256 e. The highest BCUT2D eigenvalue weighted by Crippen LogP contribution is 2.10. The molecule has 0 aliphatic carbocycles. The number of hydrogen-bond donors (Lipinski definition) is 0. The third-order valence-electron chi connectivity index (χ3n) is 3.82. The molecule has 0 bridgehead atoms. The zero-order chi connectivity index (χ0) is 16.3. The highest BCUT2D eigenvalue weighted by atomic mass is 16.2. The maximum Gasteiger partial charge on any atom is 0.256 e. The summed E-state index contributed by atoms with van der Waals surface area (Å²) in [6.07, 6.45) is 22.4. The number of nitrogens with zero attached hydrogens (tertiary/aromatic N) is 1. The van der Waals surface area contributed by atoms with Gasteiger partial charge in [-0.2, -0.15) is 0 Å². The zero-order valence-corrected chi connectivity index (χ0v) is 14.3. The van der Waals surface area contributed by atoms with Crippen molar-refractivity contribution >= 4 is 12.0 Å². The van der Waals surface area contributed by atoms with Gasteiger partial charge in [-0.3, -0.25) is 4.79 Å². The van der Waals surface area contributed by atoms with Crippen LogP contribution >= 0.6 is 0 Å². The topological polar surface area (TPSA) is 46.5 Å². The van der Waals surface area contributed by atoms with Crippen LogP contribution in [0.25, 0.3) is 0 Å². The first-order chi connectivity index (χ1) is 10.8. The van der Waals surface area contributed by atoms with Gasteiger partial charge in [0, 0.05) is 6.42 Å². The highest BCUT2D eigenvalue weighted by Gasteiger charge is 1.98. The van der Waals surface area contributed by atoms with Crippen LogP contribution in [-0.2, 0) is 9.59 Å². The van der Waals surface area contributed by atoms with Crippen molar-refractivity contribution in [2.24, 2.45) is 4.99 Å². The van der Waals surface area contributed by atoms with Crippen molar-refractivity contribution in [3.8, 4) is 0 Å². The van der Waals surface area contributed by atoms with E-state index in [2.05, 4.69) is 24.1 Å². The third kappa shape index (κ3) is 16.8. The fourth-order valence-electron chi connectivity index (χ4n) is 2.45. The summed E-state index contributed by atoms with van der Waals surface area (Å²) < 4.78 is 0. The lowest BCUT2D eigenvalue weighted by Gasteiger charge is -1.99. The third-order valence-corrected chi connectivity index (χ3v) is 3.82. The summed E-state index contributed by atoms with van der Waals surface area (Å²) in [7, 11) is 0. The molecule has 3 heteroatoms. The Kier molecular flexibility index (Phi) is 16.9. The van der Waals surface area contributed by atoms with Gasteiger partial charge in [0.25, 0.3) is 5.91 Å². The number of isocyanates is 1. The van der Waals surface area contributed by atoms with Crippen molar-refractivity contribution in [1.82, 2.24) is 0 Å². The summed E-state index contributed by atoms with van der Waals surface area (Å²) in [4.78, 5) is 23.9. The Morgan fingerprint density at radius 2 is 1.32 bits per heavy atom. The van der Waals surface area contributed by atoms with Crippen LogP contribution in [0.15, 0.2) is 17.1 Å². The molecule has 0 saturated carbocycles. The lowest BCUT2D eigenvalue weighted by atomic mass is 10.1. The second-order valence-electron chi connectivity index (χ2n) is 5.93. The Labute approximate surface area is 136 Å². The van der Waals surface area contributed by atoms with E-state index in [0.29, 0.717) is 6.42 Å². The highest BCUT2D eigenvalue weighted by molar-refractivity contribution is 5.81. The summed E-state index contributed by atoms with van der Waals surface area (Å²) in [6, 6.07) is 0. The Bertz CT molecular complexity index is 330. The summed E-state index contributed by atoms with van der Waals surface area (Å²) in [5.41, 5.74) is 0. The molecule has 1 amide bonds. The minimum absolute atomic E-state index is 0.340. The molecule has 0 heterocycles. The maximum atomic E-state index is 10.9. The number of allylic oxidation sites excluding steroid dienone is 2. The molecule has 126 valence electrons. The van der Waals surface area contributed by atoms with Crippen LogP contribution in [0.4, 0.5) is 0 Å². The summed E-state index contributed by atoms with van der Waals surface area (Å²) in [6.45, 7) is 2.25. The van der Waals surface area contributed by atoms with Crippen molar-refractivity contribution in [3.05, 3.63) is 12.2 Å². The first-order valence-corrected chi connectivity index (χ1v) is 9.07. The van der Waals surface area contributed by atoms with Crippen LogP contribution < -0.4 is 0 Å². The van der Waals surface area contributed by atoms with Gasteiger partial charge in [0.15, 0.2) is 0 Å². The molecular weight excluding hydrogens is 274 g/mol. The standard InChI is InChI=1S/C19H33NO2/c1-2-3-4-5-6-7-8-9-10-11-12-13-14-15-16-17-19(22)20-18-21/h9-10H,2-8,11-17H2,1H3/b10-9-. The largest absolute Gasteiger partial charge is 0.272 e. The normalized spacial score (nSPS) is 10.8. The molecule has 0 radical (unpaired) electrons. The van der Waals surface area contributed by atoms with E-state index in [-0.39, 0.29) is 5.91 Å². The van der Waals surface area contributed by atoms with Crippen LogP contribution in [0, 0.1) is 0 Å². The molecule has 0 rings (SSSR count). The maximum absolute atomic E-state index is 10.9. The van der Waals surface area contributed by atoms with Gasteiger partial charge in [-0.15, -0.1) is 4.99 Å². The van der Waals surface area contributed by atoms with E-state index < -0.39 is 0 Å². The molecule has 0 fully saturated rings. The average molecular weight is 307 g/mol. The molecule has 0 saturated heterocycles. The van der Waals surface area contributed by atoms with Crippen molar-refractivity contribution in [1.29, 1.82) is 0 Å². The molecule has 3 nitrogen and oxygen atoms in total. The molecule has 0 aromatic rings. The number of hydrogen-bond acceptors (Lipinski definition) is 2. The van der Waals surface area contributed by atoms with Gasteiger partial charge in [-0.1, -0.05) is 70.4 Å². The number of unbranched alkanes of at least 4 members (excludes halogenated alkanes) is 11. The van der Waals surface area contributed by atoms with E-state index in [9.17, 15) is 9.59 Å². The number of amides is 1. The van der Waals surface area contributed by atoms with Crippen LogP contribution in [0.2, 0.25) is 0 Å². The SMILES string of the molecule is CCCCCCCC/C=C\CCCCCCCC(=O)N=C=O. The lowest BCUT2D eigenvalue weighted by Crippen LogP contribution is -1.92. The van der Waals surface area contributed by atoms with E-state index in [1.165, 1.54) is 70.3 Å². The second-order valence-corrected chi connectivity index (χ2v) is 5.93. The lowest BCUT2D eigenvalue weighted by molar-refractivity contribution is -0.117. The first-order valence-electron chi connectivity index (χ1n) is 9.07. The molecule has 0 aromatic heterocycles. The monoisotopic (exact) mass is 307 g/mol. The van der Waals surface area contributed by atoms with Gasteiger partial charge < -0.3 is 0 Å². The van der Waals surface area contributed by atoms with Gasteiger partial charge in [0.1, 0.15) is 0 Å². The Morgan fingerprint density at radius 1 is 0.818 bits per heavy atom. The molecule has 0 unspecified atom stereocenters. The van der Waals surface area contributed by atoms with Crippen molar-refractivity contribution < 1.29 is 9.59 Å². The van der Waals surface area contributed by atoms with Crippen LogP contribution in [-0.4, -0.2) is 12.0 Å². The van der Waals surface area contributed by atoms with E-state index in [4.69, 9.17) is 0 Å². The molecule has 0 aliphatic heterocycles. The van der Waals surface area contributed by atoms with Gasteiger partial charge >= 0.3 is 0 Å². The quantitative estimate of drug-likeness (QED) is 0.164. The zero-order valence-electron chi connectivity index (χ0n) is 14.3. The Balaban J connectivity index is 3.17. The number of rotatable bonds is 15. The second kappa shape index (κ2) is 17.8. The number of aliphatic imine (C=N–C) groups is 1. The molecule has 0 atom stereocenters. The minimum atomic E-state index is -0.340. The van der Waals surface area contributed by atoms with Gasteiger partial charge in [-0.25, -0.2) is 4.79 Å². The van der Waals surface area contributed by atoms with Crippen LogP contribution in [0.5, 0.6) is 0 Å².